The Morgan fingerprint density at radius 3 is 2.65 bits per heavy atom. The maximum Gasteiger partial charge on any atom is 0.323 e. The van der Waals surface area contributed by atoms with Crippen LogP contribution in [0.25, 0.3) is 11.0 Å². The zero-order valence-corrected chi connectivity index (χ0v) is 10.7. The molecule has 0 spiro atoms. The summed E-state index contributed by atoms with van der Waals surface area (Å²) in [6.45, 7) is 0.551. The van der Waals surface area contributed by atoms with Crippen molar-refractivity contribution in [2.75, 3.05) is 11.9 Å². The number of hydrogen-bond acceptors (Lipinski definition) is 2. The van der Waals surface area contributed by atoms with E-state index >= 15 is 0 Å². The van der Waals surface area contributed by atoms with Crippen LogP contribution in [-0.2, 0) is 0 Å². The molecule has 0 bridgehead atoms. The molecule has 98 valence electrons. The molecule has 0 unspecified atom stereocenters. The van der Waals surface area contributed by atoms with Gasteiger partial charge in [-0.25, -0.2) is 4.79 Å². The first kappa shape index (κ1) is 12.1. The van der Waals surface area contributed by atoms with Gasteiger partial charge in [-0.15, -0.1) is 0 Å². The van der Waals surface area contributed by atoms with Crippen LogP contribution in [0.1, 0.15) is 5.56 Å². The van der Waals surface area contributed by atoms with Gasteiger partial charge in [0.05, 0.1) is 17.6 Å². The number of rotatable bonds is 2. The summed E-state index contributed by atoms with van der Waals surface area (Å²) in [7, 11) is 0. The topological polar surface area (TPSA) is 60.7 Å². The predicted molar refractivity (Wildman–Crippen MR) is 80.7 cm³/mol. The summed E-state index contributed by atoms with van der Waals surface area (Å²) in [5.41, 5.74) is 3.32. The van der Waals surface area contributed by atoms with Gasteiger partial charge < -0.3 is 15.3 Å². The Morgan fingerprint density at radius 2 is 1.80 bits per heavy atom. The third kappa shape index (κ3) is 2.73. The molecule has 1 heterocycles. The first-order valence-corrected chi connectivity index (χ1v) is 6.31. The number of aromatic amines is 2. The van der Waals surface area contributed by atoms with Crippen LogP contribution in [0, 0.1) is 11.8 Å². The minimum absolute atomic E-state index is 0.194. The number of fused-ring (bicyclic) bond motifs is 1. The Kier molecular flexibility index (Phi) is 3.25. The van der Waals surface area contributed by atoms with E-state index in [4.69, 9.17) is 0 Å². The lowest BCUT2D eigenvalue weighted by Crippen LogP contribution is -1.99. The predicted octanol–water partition coefficient (Wildman–Crippen LogP) is 2.32. The van der Waals surface area contributed by atoms with E-state index in [0.717, 1.165) is 22.3 Å². The average Bonchev–Trinajstić information content (AvgIpc) is 2.84. The van der Waals surface area contributed by atoms with Gasteiger partial charge in [0, 0.05) is 11.3 Å². The molecular formula is C16H13N3O. The second-order valence-corrected chi connectivity index (χ2v) is 4.36. The van der Waals surface area contributed by atoms with E-state index in [1.807, 2.05) is 48.5 Å². The monoisotopic (exact) mass is 263 g/mol. The summed E-state index contributed by atoms with van der Waals surface area (Å²) < 4.78 is 0. The van der Waals surface area contributed by atoms with Crippen LogP contribution >= 0.6 is 0 Å². The van der Waals surface area contributed by atoms with Crippen LogP contribution in [0.3, 0.4) is 0 Å². The Labute approximate surface area is 115 Å². The van der Waals surface area contributed by atoms with Gasteiger partial charge in [-0.05, 0) is 30.3 Å². The van der Waals surface area contributed by atoms with Gasteiger partial charge in [0.2, 0.25) is 0 Å². The summed E-state index contributed by atoms with van der Waals surface area (Å²) in [6.07, 6.45) is 0. The third-order valence-electron chi connectivity index (χ3n) is 2.90. The maximum absolute atomic E-state index is 11.2. The fourth-order valence-corrected chi connectivity index (χ4v) is 1.96. The van der Waals surface area contributed by atoms with E-state index in [9.17, 15) is 4.79 Å². The molecule has 1 aromatic heterocycles. The molecule has 3 rings (SSSR count). The van der Waals surface area contributed by atoms with Gasteiger partial charge in [0.15, 0.2) is 0 Å². The molecule has 0 aliphatic carbocycles. The van der Waals surface area contributed by atoms with Gasteiger partial charge >= 0.3 is 5.69 Å². The normalized spacial score (nSPS) is 10.0. The SMILES string of the molecule is O=c1[nH]c2ccc(NCC#Cc3ccccc3)cc2[nH]1. The summed E-state index contributed by atoms with van der Waals surface area (Å²) in [4.78, 5) is 16.6. The molecule has 3 aromatic rings. The van der Waals surface area contributed by atoms with E-state index in [-0.39, 0.29) is 5.69 Å². The lowest BCUT2D eigenvalue weighted by Gasteiger charge is -2.01. The third-order valence-corrected chi connectivity index (χ3v) is 2.90. The highest BCUT2D eigenvalue weighted by Crippen LogP contribution is 2.13. The Bertz CT molecular complexity index is 835. The van der Waals surface area contributed by atoms with Crippen LogP contribution in [0.4, 0.5) is 5.69 Å². The van der Waals surface area contributed by atoms with E-state index in [0.29, 0.717) is 6.54 Å². The summed E-state index contributed by atoms with van der Waals surface area (Å²) in [5.74, 6) is 6.14. The first-order valence-electron chi connectivity index (χ1n) is 6.31. The number of imidazole rings is 1. The molecule has 0 saturated carbocycles. The van der Waals surface area contributed by atoms with Crippen molar-refractivity contribution in [1.82, 2.24) is 9.97 Å². The molecular weight excluding hydrogens is 250 g/mol. The van der Waals surface area contributed by atoms with Crippen molar-refractivity contribution in [2.45, 2.75) is 0 Å². The number of anilines is 1. The number of benzene rings is 2. The van der Waals surface area contributed by atoms with Crippen LogP contribution < -0.4 is 11.0 Å². The highest BCUT2D eigenvalue weighted by atomic mass is 16.1. The van der Waals surface area contributed by atoms with Gasteiger partial charge in [0.25, 0.3) is 0 Å². The molecule has 0 aliphatic heterocycles. The van der Waals surface area contributed by atoms with Crippen molar-refractivity contribution in [3.63, 3.8) is 0 Å². The smallest absolute Gasteiger partial charge is 0.323 e. The van der Waals surface area contributed by atoms with Crippen molar-refractivity contribution in [3.05, 3.63) is 64.6 Å². The summed E-state index contributed by atoms with van der Waals surface area (Å²) in [6, 6.07) is 15.5. The van der Waals surface area contributed by atoms with Crippen LogP contribution in [0.15, 0.2) is 53.3 Å². The molecule has 4 heteroatoms. The van der Waals surface area contributed by atoms with E-state index < -0.39 is 0 Å². The molecule has 0 saturated heterocycles. The summed E-state index contributed by atoms with van der Waals surface area (Å²) in [5, 5.41) is 3.21. The number of aromatic nitrogens is 2. The fourth-order valence-electron chi connectivity index (χ4n) is 1.96. The lowest BCUT2D eigenvalue weighted by atomic mass is 10.2. The van der Waals surface area contributed by atoms with E-state index in [1.165, 1.54) is 0 Å². The van der Waals surface area contributed by atoms with Gasteiger partial charge in [0.1, 0.15) is 0 Å². The Hall–Kier alpha value is -2.93. The molecule has 0 atom stereocenters. The van der Waals surface area contributed by atoms with Crippen molar-refractivity contribution < 1.29 is 0 Å². The second kappa shape index (κ2) is 5.37. The van der Waals surface area contributed by atoms with Gasteiger partial charge in [-0.1, -0.05) is 30.0 Å². The maximum atomic E-state index is 11.2. The second-order valence-electron chi connectivity index (χ2n) is 4.36. The Balaban J connectivity index is 1.68. The zero-order valence-electron chi connectivity index (χ0n) is 10.7. The molecule has 3 N–H and O–H groups in total. The zero-order chi connectivity index (χ0) is 13.8. The fraction of sp³-hybridized carbons (Fsp3) is 0.0625. The molecule has 0 fully saturated rings. The van der Waals surface area contributed by atoms with Crippen molar-refractivity contribution in [3.8, 4) is 11.8 Å². The first-order chi connectivity index (χ1) is 9.81. The highest BCUT2D eigenvalue weighted by Gasteiger charge is 1.98. The molecule has 20 heavy (non-hydrogen) atoms. The quantitative estimate of drug-likeness (QED) is 0.621. The van der Waals surface area contributed by atoms with Crippen molar-refractivity contribution in [1.29, 1.82) is 0 Å². The van der Waals surface area contributed by atoms with Crippen LogP contribution in [0.2, 0.25) is 0 Å². The molecule has 4 nitrogen and oxygen atoms in total. The average molecular weight is 263 g/mol. The standard InChI is InChI=1S/C16H13N3O/c20-16-18-14-9-8-13(11-15(14)19-16)17-10-4-7-12-5-2-1-3-6-12/h1-3,5-6,8-9,11,17H,10H2,(H2,18,19,20). The number of H-pyrrole nitrogens is 2. The Morgan fingerprint density at radius 1 is 1.00 bits per heavy atom. The molecule has 0 amide bonds. The number of hydrogen-bond donors (Lipinski definition) is 3. The van der Waals surface area contributed by atoms with E-state index in [1.54, 1.807) is 0 Å². The van der Waals surface area contributed by atoms with Crippen molar-refractivity contribution >= 4 is 16.7 Å². The largest absolute Gasteiger partial charge is 0.374 e. The summed E-state index contributed by atoms with van der Waals surface area (Å²) >= 11 is 0. The van der Waals surface area contributed by atoms with E-state index in [2.05, 4.69) is 27.1 Å². The van der Waals surface area contributed by atoms with Crippen LogP contribution in [-0.4, -0.2) is 16.5 Å². The minimum atomic E-state index is -0.194. The minimum Gasteiger partial charge on any atom is -0.374 e. The van der Waals surface area contributed by atoms with Gasteiger partial charge in [-0.3, -0.25) is 0 Å². The lowest BCUT2D eigenvalue weighted by molar-refractivity contribution is 1.21. The molecule has 2 aromatic carbocycles. The highest BCUT2D eigenvalue weighted by molar-refractivity contribution is 5.78. The molecule has 0 radical (unpaired) electrons. The number of nitrogens with one attached hydrogen (secondary N) is 3. The van der Waals surface area contributed by atoms with Crippen molar-refractivity contribution in [2.24, 2.45) is 0 Å². The van der Waals surface area contributed by atoms with Crippen LogP contribution in [0.5, 0.6) is 0 Å². The molecule has 0 aliphatic rings. The van der Waals surface area contributed by atoms with Gasteiger partial charge in [-0.2, -0.15) is 0 Å².